The highest BCUT2D eigenvalue weighted by Gasteiger charge is 2.38. The molecule has 2 heterocycles. The Morgan fingerprint density at radius 1 is 1.00 bits per heavy atom. The number of carboxylic acid groups (broad SMARTS) is 2. The first-order valence-electron chi connectivity index (χ1n) is 11.6. The van der Waals surface area contributed by atoms with E-state index in [1.54, 1.807) is 56.4 Å². The predicted molar refractivity (Wildman–Crippen MR) is 152 cm³/mol. The van der Waals surface area contributed by atoms with E-state index in [-0.39, 0.29) is 19.0 Å². The third-order valence-corrected chi connectivity index (χ3v) is 6.59. The summed E-state index contributed by atoms with van der Waals surface area (Å²) >= 11 is 7.42. The molecule has 0 aliphatic rings. The van der Waals surface area contributed by atoms with Crippen molar-refractivity contribution in [3.8, 4) is 11.1 Å². The first-order chi connectivity index (χ1) is 19.2. The maximum absolute atomic E-state index is 14.8. The first-order valence-corrected chi connectivity index (χ1v) is 12.8. The van der Waals surface area contributed by atoms with Crippen LogP contribution in [0.2, 0.25) is 5.02 Å². The number of nitrogens with zero attached hydrogens (tertiary/aromatic N) is 2. The van der Waals surface area contributed by atoms with Gasteiger partial charge in [-0.2, -0.15) is 13.2 Å². The highest BCUT2D eigenvalue weighted by atomic mass is 35.5. The van der Waals surface area contributed by atoms with Gasteiger partial charge in [0.25, 0.3) is 5.91 Å². The molecule has 1 amide bonds. The summed E-state index contributed by atoms with van der Waals surface area (Å²) in [7, 11) is 0. The Kier molecular flexibility index (Phi) is 11.3. The van der Waals surface area contributed by atoms with Crippen molar-refractivity contribution in [1.29, 1.82) is 0 Å². The number of rotatable bonds is 7. The molecule has 0 saturated carbocycles. The number of halogens is 5. The van der Waals surface area contributed by atoms with E-state index < -0.39 is 35.9 Å². The van der Waals surface area contributed by atoms with Crippen LogP contribution in [0.4, 0.5) is 28.4 Å². The molecule has 0 aliphatic carbocycles. The number of benzene rings is 2. The molecule has 15 heteroatoms. The van der Waals surface area contributed by atoms with E-state index in [0.717, 1.165) is 4.70 Å². The predicted octanol–water partition coefficient (Wildman–Crippen LogP) is 7.00. The number of aliphatic carboxylic acids is 2. The summed E-state index contributed by atoms with van der Waals surface area (Å²) < 4.78 is 47.3. The minimum atomic E-state index is -5.08. The molecule has 0 spiro atoms. The molecule has 9 nitrogen and oxygen atoms in total. The maximum atomic E-state index is 14.8. The third kappa shape index (κ3) is 8.60. The van der Waals surface area contributed by atoms with Crippen LogP contribution in [-0.4, -0.2) is 50.2 Å². The molecule has 4 aromatic rings. The van der Waals surface area contributed by atoms with E-state index in [1.165, 1.54) is 23.6 Å². The van der Waals surface area contributed by atoms with Crippen LogP contribution in [0.1, 0.15) is 31.6 Å². The first kappa shape index (κ1) is 33.9. The zero-order chi connectivity index (χ0) is 30.5. The van der Waals surface area contributed by atoms with E-state index in [4.69, 9.17) is 21.5 Å². The van der Waals surface area contributed by atoms with Crippen molar-refractivity contribution >= 4 is 61.8 Å². The number of aromatic nitrogens is 2. The number of carbonyl (C=O) groups is 3. The van der Waals surface area contributed by atoms with Gasteiger partial charge in [0.15, 0.2) is 5.13 Å². The van der Waals surface area contributed by atoms with Gasteiger partial charge >= 0.3 is 18.1 Å². The molecule has 0 radical (unpaired) electrons. The van der Waals surface area contributed by atoms with Gasteiger partial charge in [0.05, 0.1) is 15.4 Å². The number of hydrogen-bond acceptors (Lipinski definition) is 7. The number of fused-ring (bicyclic) bond motifs is 1. The van der Waals surface area contributed by atoms with Gasteiger partial charge in [-0.1, -0.05) is 62.4 Å². The lowest BCUT2D eigenvalue weighted by Gasteiger charge is -2.18. The van der Waals surface area contributed by atoms with Gasteiger partial charge in [0, 0.05) is 18.0 Å². The summed E-state index contributed by atoms with van der Waals surface area (Å²) in [5.74, 6) is -5.05. The summed E-state index contributed by atoms with van der Waals surface area (Å²) in [6.07, 6.45) is -1.93. The second-order valence-corrected chi connectivity index (χ2v) is 10.2. The SMILES string of the molecule is C.CC(C)[C@H](NC(=O)c1ccc(-c2ccc(Nc3nc4c(Cl)cncc4s3)c(F)c2)cc1)C(=O)O.O=C(O)C(F)(F)F. The van der Waals surface area contributed by atoms with Gasteiger partial charge < -0.3 is 20.8 Å². The van der Waals surface area contributed by atoms with Crippen LogP contribution in [0, 0.1) is 11.7 Å². The standard InChI is InChI=1S/C24H20ClFN4O3S.C2HF3O2.CH4/c1-12(2)20(23(32)33)29-22(31)14-5-3-13(4-6-14)15-7-8-18(17(26)9-15)28-24-30-21-16(25)10-27-11-19(21)34-24;3-2(4,5)1(6)7;/h3-12,20H,1-2H3,(H,28,30)(H,29,31)(H,32,33);(H,6,7);1H4/t20-;;/m0../s1. The number of amides is 1. The van der Waals surface area contributed by atoms with E-state index in [2.05, 4.69) is 20.6 Å². The van der Waals surface area contributed by atoms with E-state index in [1.807, 2.05) is 0 Å². The normalized spacial score (nSPS) is 11.6. The summed E-state index contributed by atoms with van der Waals surface area (Å²) in [6, 6.07) is 10.3. The van der Waals surface area contributed by atoms with Crippen LogP contribution in [0.3, 0.4) is 0 Å². The number of carboxylic acids is 2. The lowest BCUT2D eigenvalue weighted by molar-refractivity contribution is -0.192. The van der Waals surface area contributed by atoms with Crippen molar-refractivity contribution in [2.75, 3.05) is 5.32 Å². The lowest BCUT2D eigenvalue weighted by atomic mass is 10.0. The minimum absolute atomic E-state index is 0. The van der Waals surface area contributed by atoms with Gasteiger partial charge in [-0.05, 0) is 41.3 Å². The minimum Gasteiger partial charge on any atom is -0.480 e. The Balaban J connectivity index is 0.000000687. The third-order valence-electron chi connectivity index (χ3n) is 5.41. The number of anilines is 2. The number of carbonyl (C=O) groups excluding carboxylic acids is 1. The zero-order valence-electron chi connectivity index (χ0n) is 21.2. The number of alkyl halides is 3. The molecule has 2 aromatic heterocycles. The molecular weight excluding hydrogens is 604 g/mol. The van der Waals surface area contributed by atoms with Crippen molar-refractivity contribution in [3.05, 3.63) is 71.3 Å². The van der Waals surface area contributed by atoms with E-state index in [0.29, 0.717) is 32.4 Å². The van der Waals surface area contributed by atoms with Gasteiger partial charge in [-0.25, -0.2) is 19.0 Å². The fourth-order valence-electron chi connectivity index (χ4n) is 3.34. The Morgan fingerprint density at radius 3 is 2.10 bits per heavy atom. The number of pyridine rings is 1. The highest BCUT2D eigenvalue weighted by molar-refractivity contribution is 7.22. The van der Waals surface area contributed by atoms with Crippen molar-refractivity contribution in [1.82, 2.24) is 15.3 Å². The maximum Gasteiger partial charge on any atom is 0.490 e. The highest BCUT2D eigenvalue weighted by Crippen LogP contribution is 2.33. The van der Waals surface area contributed by atoms with Gasteiger partial charge in [-0.15, -0.1) is 0 Å². The van der Waals surface area contributed by atoms with Crippen molar-refractivity contribution in [2.45, 2.75) is 33.5 Å². The molecule has 0 unspecified atom stereocenters. The van der Waals surface area contributed by atoms with Crippen LogP contribution in [0.15, 0.2) is 54.9 Å². The molecular formula is C27H25ClF4N4O5S. The van der Waals surface area contributed by atoms with Crippen LogP contribution in [0.25, 0.3) is 21.3 Å². The number of thiazole rings is 1. The summed E-state index contributed by atoms with van der Waals surface area (Å²) in [6.45, 7) is 3.44. The summed E-state index contributed by atoms with van der Waals surface area (Å²) in [4.78, 5) is 41.0. The Hall–Kier alpha value is -4.30. The van der Waals surface area contributed by atoms with E-state index >= 15 is 0 Å². The van der Waals surface area contributed by atoms with Crippen molar-refractivity contribution in [3.63, 3.8) is 0 Å². The van der Waals surface area contributed by atoms with Gasteiger partial charge in [0.2, 0.25) is 0 Å². The average Bonchev–Trinajstić information content (AvgIpc) is 3.32. The van der Waals surface area contributed by atoms with Crippen molar-refractivity contribution < 1.29 is 42.2 Å². The van der Waals surface area contributed by atoms with Crippen molar-refractivity contribution in [2.24, 2.45) is 5.92 Å². The smallest absolute Gasteiger partial charge is 0.480 e. The van der Waals surface area contributed by atoms with E-state index in [9.17, 15) is 32.3 Å². The molecule has 1 atom stereocenters. The Bertz CT molecular complexity index is 1580. The quantitative estimate of drug-likeness (QED) is 0.160. The second kappa shape index (κ2) is 14.0. The largest absolute Gasteiger partial charge is 0.490 e. The summed E-state index contributed by atoms with van der Waals surface area (Å²) in [5, 5.41) is 22.8. The number of hydrogen-bond donors (Lipinski definition) is 4. The molecule has 42 heavy (non-hydrogen) atoms. The molecule has 0 bridgehead atoms. The van der Waals surface area contributed by atoms with Crippen LogP contribution >= 0.6 is 22.9 Å². The molecule has 2 aromatic carbocycles. The molecule has 224 valence electrons. The topological polar surface area (TPSA) is 142 Å². The molecule has 0 saturated heterocycles. The lowest BCUT2D eigenvalue weighted by Crippen LogP contribution is -2.44. The zero-order valence-corrected chi connectivity index (χ0v) is 22.7. The second-order valence-electron chi connectivity index (χ2n) is 8.72. The van der Waals surface area contributed by atoms with Crippen LogP contribution in [-0.2, 0) is 9.59 Å². The summed E-state index contributed by atoms with van der Waals surface area (Å²) in [5.41, 5.74) is 2.51. The van der Waals surface area contributed by atoms with Gasteiger partial charge in [-0.3, -0.25) is 9.78 Å². The molecule has 4 rings (SSSR count). The fourth-order valence-corrected chi connectivity index (χ4v) is 4.47. The monoisotopic (exact) mass is 628 g/mol. The number of nitrogens with one attached hydrogen (secondary N) is 2. The average molecular weight is 629 g/mol. The van der Waals surface area contributed by atoms with Crippen LogP contribution in [0.5, 0.6) is 0 Å². The molecule has 0 fully saturated rings. The Morgan fingerprint density at radius 2 is 1.60 bits per heavy atom. The fraction of sp³-hybridized carbons (Fsp3) is 0.222. The molecule has 0 aliphatic heterocycles. The van der Waals surface area contributed by atoms with Crippen LogP contribution < -0.4 is 10.6 Å². The van der Waals surface area contributed by atoms with Gasteiger partial charge in [0.1, 0.15) is 17.4 Å². The molecule has 4 N–H and O–H groups in total. The Labute approximate surface area is 246 Å².